The molecule has 6 nitrogen and oxygen atoms in total. The van der Waals surface area contributed by atoms with Crippen LogP contribution in [0.25, 0.3) is 0 Å². The summed E-state index contributed by atoms with van der Waals surface area (Å²) in [6.45, 7) is 2.70. The lowest BCUT2D eigenvalue weighted by molar-refractivity contribution is -0.138. The van der Waals surface area contributed by atoms with E-state index in [-0.39, 0.29) is 11.8 Å². The number of piperidine rings is 1. The van der Waals surface area contributed by atoms with E-state index in [1.54, 1.807) is 0 Å². The molecule has 0 spiro atoms. The summed E-state index contributed by atoms with van der Waals surface area (Å²) in [4.78, 5) is 14.9. The molecule has 1 aromatic heterocycles. The molecule has 2 aromatic rings. The van der Waals surface area contributed by atoms with Gasteiger partial charge in [-0.15, -0.1) is 5.10 Å². The van der Waals surface area contributed by atoms with Gasteiger partial charge in [-0.2, -0.15) is 5.10 Å². The molecule has 1 saturated heterocycles. The highest BCUT2D eigenvalue weighted by atomic mass is 16.5. The summed E-state index contributed by atoms with van der Waals surface area (Å²) in [5, 5.41) is 8.46. The number of hydrogen-bond acceptors (Lipinski definition) is 5. The molecule has 1 unspecified atom stereocenters. The second kappa shape index (κ2) is 8.01. The van der Waals surface area contributed by atoms with Crippen molar-refractivity contribution >= 4 is 5.91 Å². The Morgan fingerprint density at radius 1 is 1.07 bits per heavy atom. The number of ether oxygens (including phenoxy) is 2. The van der Waals surface area contributed by atoms with E-state index in [2.05, 4.69) is 16.3 Å². The summed E-state index contributed by atoms with van der Waals surface area (Å²) in [6.07, 6.45) is 5.15. The van der Waals surface area contributed by atoms with E-state index in [1.165, 1.54) is 12.8 Å². The average molecular weight is 393 g/mol. The van der Waals surface area contributed by atoms with Crippen LogP contribution < -0.4 is 9.47 Å². The Kier molecular flexibility index (Phi) is 5.08. The van der Waals surface area contributed by atoms with E-state index >= 15 is 0 Å². The number of carbonyl (C=O) groups excluding carboxylic acids is 1. The predicted octanol–water partition coefficient (Wildman–Crippen LogP) is 3.22. The van der Waals surface area contributed by atoms with E-state index in [0.29, 0.717) is 30.9 Å². The maximum Gasteiger partial charge on any atom is 0.233 e. The van der Waals surface area contributed by atoms with Crippen LogP contribution in [0.1, 0.15) is 42.9 Å². The van der Waals surface area contributed by atoms with Gasteiger partial charge in [0, 0.05) is 25.1 Å². The largest absolute Gasteiger partial charge is 0.492 e. The Balaban J connectivity index is 1.08. The fourth-order valence-electron chi connectivity index (χ4n) is 4.27. The zero-order valence-corrected chi connectivity index (χ0v) is 16.6. The molecule has 1 saturated carbocycles. The van der Waals surface area contributed by atoms with Gasteiger partial charge >= 0.3 is 0 Å². The lowest BCUT2D eigenvalue weighted by atomic mass is 9.93. The van der Waals surface area contributed by atoms with Gasteiger partial charge < -0.3 is 14.4 Å². The Morgan fingerprint density at radius 3 is 2.66 bits per heavy atom. The Labute approximate surface area is 171 Å². The van der Waals surface area contributed by atoms with Crippen LogP contribution >= 0.6 is 0 Å². The van der Waals surface area contributed by atoms with E-state index in [0.717, 1.165) is 49.4 Å². The number of hydrogen-bond donors (Lipinski definition) is 0. The van der Waals surface area contributed by atoms with Gasteiger partial charge in [-0.05, 0) is 55.7 Å². The first-order valence-corrected chi connectivity index (χ1v) is 10.7. The van der Waals surface area contributed by atoms with Gasteiger partial charge in [-0.25, -0.2) is 0 Å². The highest BCUT2D eigenvalue weighted by molar-refractivity contribution is 5.80. The Bertz CT molecular complexity index is 858. The Hall–Kier alpha value is -2.63. The molecule has 0 bridgehead atoms. The summed E-state index contributed by atoms with van der Waals surface area (Å²) < 4.78 is 11.7. The van der Waals surface area contributed by atoms with Crippen LogP contribution in [0.15, 0.2) is 36.4 Å². The van der Waals surface area contributed by atoms with Crippen LogP contribution in [0.5, 0.6) is 11.6 Å². The van der Waals surface area contributed by atoms with Gasteiger partial charge in [-0.1, -0.05) is 18.2 Å². The fraction of sp³-hybridized carbons (Fsp3) is 0.522. The quantitative estimate of drug-likeness (QED) is 0.780. The number of benzene rings is 1. The molecular formula is C23H27N3O3. The highest BCUT2D eigenvalue weighted by Gasteiger charge is 2.32. The van der Waals surface area contributed by atoms with Crippen molar-refractivity contribution in [3.8, 4) is 11.6 Å². The number of fused-ring (bicyclic) bond motifs is 1. The van der Waals surface area contributed by atoms with Crippen molar-refractivity contribution < 1.29 is 14.3 Å². The molecule has 29 heavy (non-hydrogen) atoms. The van der Waals surface area contributed by atoms with Crippen molar-refractivity contribution in [2.75, 3.05) is 26.3 Å². The van der Waals surface area contributed by atoms with Gasteiger partial charge in [0.25, 0.3) is 0 Å². The zero-order chi connectivity index (χ0) is 19.6. The van der Waals surface area contributed by atoms with Crippen molar-refractivity contribution in [3.63, 3.8) is 0 Å². The van der Waals surface area contributed by atoms with Gasteiger partial charge in [0.05, 0.1) is 18.2 Å². The molecule has 1 aromatic carbocycles. The lowest BCUT2D eigenvalue weighted by Gasteiger charge is -2.35. The van der Waals surface area contributed by atoms with Crippen molar-refractivity contribution in [2.24, 2.45) is 11.8 Å². The summed E-state index contributed by atoms with van der Waals surface area (Å²) >= 11 is 0. The monoisotopic (exact) mass is 393 g/mol. The number of likely N-dealkylation sites (tertiary alicyclic amines) is 1. The van der Waals surface area contributed by atoms with Gasteiger partial charge in [-0.3, -0.25) is 4.79 Å². The van der Waals surface area contributed by atoms with Gasteiger partial charge in [0.2, 0.25) is 11.8 Å². The SMILES string of the molecule is O=C(C1COc2ccccc2C1)N1CCC(COc2ccc(C3CC3)nn2)CC1. The minimum Gasteiger partial charge on any atom is -0.492 e. The summed E-state index contributed by atoms with van der Waals surface area (Å²) in [6, 6.07) is 12.0. The standard InChI is InChI=1S/C23H27N3O3/c27-23(19-13-18-3-1-2-4-21(18)28-15-19)26-11-9-16(10-12-26)14-29-22-8-7-20(24-25-22)17-5-6-17/h1-4,7-8,16-17,19H,5-6,9-15H2. The number of carbonyl (C=O) groups is 1. The normalized spacial score (nSPS) is 21.9. The number of nitrogens with zero attached hydrogens (tertiary/aromatic N) is 3. The second-order valence-corrected chi connectivity index (χ2v) is 8.47. The molecule has 2 aliphatic heterocycles. The average Bonchev–Trinajstić information content (AvgIpc) is 3.63. The molecule has 1 atom stereocenters. The molecular weight excluding hydrogens is 366 g/mol. The van der Waals surface area contributed by atoms with Crippen LogP contribution in [0.2, 0.25) is 0 Å². The van der Waals surface area contributed by atoms with Gasteiger partial charge in [0.15, 0.2) is 0 Å². The number of rotatable bonds is 5. The molecule has 1 amide bonds. The third-order valence-corrected chi connectivity index (χ3v) is 6.28. The molecule has 5 rings (SSSR count). The molecule has 152 valence electrons. The van der Waals surface area contributed by atoms with Crippen LogP contribution in [-0.2, 0) is 11.2 Å². The molecule has 3 heterocycles. The minimum absolute atomic E-state index is 0.0713. The van der Waals surface area contributed by atoms with E-state index in [4.69, 9.17) is 9.47 Å². The lowest BCUT2D eigenvalue weighted by Crippen LogP contribution is -2.45. The number of amides is 1. The fourth-order valence-corrected chi connectivity index (χ4v) is 4.27. The zero-order valence-electron chi connectivity index (χ0n) is 16.6. The molecule has 3 aliphatic rings. The molecule has 6 heteroatoms. The van der Waals surface area contributed by atoms with Crippen molar-refractivity contribution in [3.05, 3.63) is 47.7 Å². The van der Waals surface area contributed by atoms with E-state index in [1.807, 2.05) is 35.2 Å². The van der Waals surface area contributed by atoms with Crippen LogP contribution in [0.4, 0.5) is 0 Å². The third kappa shape index (κ3) is 4.21. The van der Waals surface area contributed by atoms with Crippen LogP contribution in [0, 0.1) is 11.8 Å². The Morgan fingerprint density at radius 2 is 1.90 bits per heavy atom. The molecule has 1 aliphatic carbocycles. The summed E-state index contributed by atoms with van der Waals surface area (Å²) in [5.41, 5.74) is 2.22. The maximum absolute atomic E-state index is 12.9. The maximum atomic E-state index is 12.9. The van der Waals surface area contributed by atoms with Crippen LogP contribution in [-0.4, -0.2) is 47.3 Å². The first-order chi connectivity index (χ1) is 14.3. The highest BCUT2D eigenvalue weighted by Crippen LogP contribution is 2.38. The van der Waals surface area contributed by atoms with Crippen molar-refractivity contribution in [2.45, 2.75) is 38.0 Å². The molecule has 2 fully saturated rings. The molecule has 0 radical (unpaired) electrons. The van der Waals surface area contributed by atoms with E-state index in [9.17, 15) is 4.79 Å². The first-order valence-electron chi connectivity index (χ1n) is 10.7. The topological polar surface area (TPSA) is 64.5 Å². The van der Waals surface area contributed by atoms with Gasteiger partial charge in [0.1, 0.15) is 12.4 Å². The number of aromatic nitrogens is 2. The summed E-state index contributed by atoms with van der Waals surface area (Å²) in [5.74, 6) is 2.73. The number of para-hydroxylation sites is 1. The second-order valence-electron chi connectivity index (χ2n) is 8.47. The first kappa shape index (κ1) is 18.4. The van der Waals surface area contributed by atoms with Crippen molar-refractivity contribution in [1.82, 2.24) is 15.1 Å². The molecule has 0 N–H and O–H groups in total. The summed E-state index contributed by atoms with van der Waals surface area (Å²) in [7, 11) is 0. The minimum atomic E-state index is -0.0713. The third-order valence-electron chi connectivity index (χ3n) is 6.28. The smallest absolute Gasteiger partial charge is 0.233 e. The van der Waals surface area contributed by atoms with E-state index < -0.39 is 0 Å². The van der Waals surface area contributed by atoms with Crippen LogP contribution in [0.3, 0.4) is 0 Å². The van der Waals surface area contributed by atoms with Crippen molar-refractivity contribution in [1.29, 1.82) is 0 Å². The predicted molar refractivity (Wildman–Crippen MR) is 108 cm³/mol.